The molecule has 0 fully saturated rings. The molecule has 2 aromatic rings. The Labute approximate surface area is 95.9 Å². The zero-order chi connectivity index (χ0) is 11.5. The molecule has 0 aliphatic rings. The van der Waals surface area contributed by atoms with Crippen molar-refractivity contribution < 1.29 is 0 Å². The minimum atomic E-state index is 0.312. The predicted octanol–water partition coefficient (Wildman–Crippen LogP) is 3.00. The van der Waals surface area contributed by atoms with E-state index in [2.05, 4.69) is 19.1 Å². The van der Waals surface area contributed by atoms with Gasteiger partial charge in [0.25, 0.3) is 0 Å². The van der Waals surface area contributed by atoms with Crippen molar-refractivity contribution in [2.75, 3.05) is 11.5 Å². The van der Waals surface area contributed by atoms with Crippen molar-refractivity contribution in [3.05, 3.63) is 59.7 Å². The van der Waals surface area contributed by atoms with Gasteiger partial charge < -0.3 is 11.5 Å². The monoisotopic (exact) mass is 212 g/mol. The van der Waals surface area contributed by atoms with Crippen molar-refractivity contribution in [1.82, 2.24) is 0 Å². The van der Waals surface area contributed by atoms with Crippen LogP contribution in [-0.2, 0) is 0 Å². The zero-order valence-electron chi connectivity index (χ0n) is 9.35. The third-order valence-corrected chi connectivity index (χ3v) is 2.82. The van der Waals surface area contributed by atoms with E-state index in [4.69, 9.17) is 11.5 Å². The minimum absolute atomic E-state index is 0.312. The second-order valence-electron chi connectivity index (χ2n) is 4.06. The summed E-state index contributed by atoms with van der Waals surface area (Å²) in [6, 6.07) is 15.9. The third-order valence-electron chi connectivity index (χ3n) is 2.82. The maximum atomic E-state index is 5.78. The van der Waals surface area contributed by atoms with E-state index >= 15 is 0 Å². The first-order valence-electron chi connectivity index (χ1n) is 5.37. The quantitative estimate of drug-likeness (QED) is 0.752. The second-order valence-corrected chi connectivity index (χ2v) is 4.06. The van der Waals surface area contributed by atoms with Gasteiger partial charge in [-0.2, -0.15) is 0 Å². The summed E-state index contributed by atoms with van der Waals surface area (Å²) >= 11 is 0. The van der Waals surface area contributed by atoms with E-state index in [1.54, 1.807) is 0 Å². The average Bonchev–Trinajstić information content (AvgIpc) is 2.28. The highest BCUT2D eigenvalue weighted by Crippen LogP contribution is 2.26. The van der Waals surface area contributed by atoms with Crippen LogP contribution >= 0.6 is 0 Å². The number of hydrogen-bond acceptors (Lipinski definition) is 2. The van der Waals surface area contributed by atoms with E-state index in [0.717, 1.165) is 11.4 Å². The highest BCUT2D eigenvalue weighted by molar-refractivity contribution is 5.47. The fraction of sp³-hybridized carbons (Fsp3) is 0.143. The molecule has 2 nitrogen and oxygen atoms in total. The molecule has 2 heteroatoms. The highest BCUT2D eigenvalue weighted by atomic mass is 14.5. The SMILES string of the molecule is CC(c1cccc(N)c1)c1cccc(N)c1. The molecule has 0 amide bonds. The van der Waals surface area contributed by atoms with Gasteiger partial charge in [-0.25, -0.2) is 0 Å². The molecule has 0 aliphatic heterocycles. The Morgan fingerprint density at radius 3 is 1.62 bits per heavy atom. The van der Waals surface area contributed by atoms with Crippen molar-refractivity contribution in [1.29, 1.82) is 0 Å². The normalized spacial score (nSPS) is 10.6. The lowest BCUT2D eigenvalue weighted by Gasteiger charge is -2.13. The summed E-state index contributed by atoms with van der Waals surface area (Å²) in [6.45, 7) is 2.16. The number of nitrogens with two attached hydrogens (primary N) is 2. The molecule has 0 spiro atoms. The maximum Gasteiger partial charge on any atom is 0.0316 e. The van der Waals surface area contributed by atoms with E-state index in [1.165, 1.54) is 11.1 Å². The topological polar surface area (TPSA) is 52.0 Å². The van der Waals surface area contributed by atoms with E-state index in [1.807, 2.05) is 36.4 Å². The summed E-state index contributed by atoms with van der Waals surface area (Å²) in [5.41, 5.74) is 15.6. The van der Waals surface area contributed by atoms with Crippen LogP contribution in [0.15, 0.2) is 48.5 Å². The Hall–Kier alpha value is -1.96. The van der Waals surface area contributed by atoms with Crippen molar-refractivity contribution in [2.45, 2.75) is 12.8 Å². The van der Waals surface area contributed by atoms with Gasteiger partial charge in [0.15, 0.2) is 0 Å². The first-order chi connectivity index (χ1) is 7.66. The van der Waals surface area contributed by atoms with Gasteiger partial charge in [0, 0.05) is 17.3 Å². The van der Waals surface area contributed by atoms with Gasteiger partial charge in [-0.15, -0.1) is 0 Å². The Kier molecular flexibility index (Phi) is 2.82. The third kappa shape index (κ3) is 2.16. The van der Waals surface area contributed by atoms with E-state index in [9.17, 15) is 0 Å². The summed E-state index contributed by atoms with van der Waals surface area (Å²) in [5, 5.41) is 0. The van der Waals surface area contributed by atoms with Crippen molar-refractivity contribution in [3.63, 3.8) is 0 Å². The number of hydrogen-bond donors (Lipinski definition) is 2. The number of anilines is 2. The molecule has 82 valence electrons. The molecule has 0 bridgehead atoms. The summed E-state index contributed by atoms with van der Waals surface area (Å²) in [4.78, 5) is 0. The minimum Gasteiger partial charge on any atom is -0.399 e. The highest BCUT2D eigenvalue weighted by Gasteiger charge is 2.08. The fourth-order valence-corrected chi connectivity index (χ4v) is 1.85. The first-order valence-corrected chi connectivity index (χ1v) is 5.37. The molecular weight excluding hydrogens is 196 g/mol. The van der Waals surface area contributed by atoms with E-state index in [-0.39, 0.29) is 0 Å². The van der Waals surface area contributed by atoms with Crippen molar-refractivity contribution in [2.24, 2.45) is 0 Å². The molecule has 0 heterocycles. The number of nitrogen functional groups attached to an aromatic ring is 2. The van der Waals surface area contributed by atoms with Crippen LogP contribution in [0.3, 0.4) is 0 Å². The van der Waals surface area contributed by atoms with Crippen LogP contribution in [0.5, 0.6) is 0 Å². The zero-order valence-corrected chi connectivity index (χ0v) is 9.35. The summed E-state index contributed by atoms with van der Waals surface area (Å²) in [7, 11) is 0. The molecule has 0 radical (unpaired) electrons. The first kappa shape index (κ1) is 10.6. The standard InChI is InChI=1S/C14H16N2/c1-10(11-4-2-6-13(15)8-11)12-5-3-7-14(16)9-12/h2-10H,15-16H2,1H3. The summed E-state index contributed by atoms with van der Waals surface area (Å²) in [6.07, 6.45) is 0. The van der Waals surface area contributed by atoms with Gasteiger partial charge in [-0.05, 0) is 35.4 Å². The van der Waals surface area contributed by atoms with Crippen molar-refractivity contribution >= 4 is 11.4 Å². The predicted molar refractivity (Wildman–Crippen MR) is 69.2 cm³/mol. The molecule has 4 N–H and O–H groups in total. The van der Waals surface area contributed by atoms with Gasteiger partial charge in [0.1, 0.15) is 0 Å². The number of benzene rings is 2. The van der Waals surface area contributed by atoms with E-state index in [0.29, 0.717) is 5.92 Å². The van der Waals surface area contributed by atoms with Crippen LogP contribution in [-0.4, -0.2) is 0 Å². The largest absolute Gasteiger partial charge is 0.399 e. The van der Waals surface area contributed by atoms with Crippen LogP contribution in [0.1, 0.15) is 24.0 Å². The van der Waals surface area contributed by atoms with Crippen LogP contribution in [0.4, 0.5) is 11.4 Å². The Balaban J connectivity index is 2.35. The van der Waals surface area contributed by atoms with Crippen LogP contribution in [0.2, 0.25) is 0 Å². The van der Waals surface area contributed by atoms with Gasteiger partial charge in [-0.1, -0.05) is 31.2 Å². The molecule has 0 aromatic heterocycles. The lowest BCUT2D eigenvalue weighted by Crippen LogP contribution is -1.98. The van der Waals surface area contributed by atoms with Gasteiger partial charge >= 0.3 is 0 Å². The molecular formula is C14H16N2. The van der Waals surface area contributed by atoms with Crippen LogP contribution in [0, 0.1) is 0 Å². The Morgan fingerprint density at radius 1 is 0.812 bits per heavy atom. The second kappa shape index (κ2) is 4.27. The van der Waals surface area contributed by atoms with Gasteiger partial charge in [0.05, 0.1) is 0 Å². The molecule has 2 aromatic carbocycles. The van der Waals surface area contributed by atoms with Crippen LogP contribution in [0.25, 0.3) is 0 Å². The van der Waals surface area contributed by atoms with E-state index < -0.39 is 0 Å². The Bertz CT molecular complexity index is 446. The lowest BCUT2D eigenvalue weighted by molar-refractivity contribution is 0.924. The van der Waals surface area contributed by atoms with Crippen molar-refractivity contribution in [3.8, 4) is 0 Å². The van der Waals surface area contributed by atoms with Crippen LogP contribution < -0.4 is 11.5 Å². The molecule has 0 aliphatic carbocycles. The Morgan fingerprint density at radius 2 is 1.25 bits per heavy atom. The summed E-state index contributed by atoms with van der Waals surface area (Å²) in [5.74, 6) is 0.312. The number of rotatable bonds is 2. The fourth-order valence-electron chi connectivity index (χ4n) is 1.85. The molecule has 0 saturated heterocycles. The van der Waals surface area contributed by atoms with Gasteiger partial charge in [0.2, 0.25) is 0 Å². The molecule has 0 unspecified atom stereocenters. The average molecular weight is 212 g/mol. The lowest BCUT2D eigenvalue weighted by atomic mass is 9.93. The molecule has 0 saturated carbocycles. The molecule has 16 heavy (non-hydrogen) atoms. The van der Waals surface area contributed by atoms with Gasteiger partial charge in [-0.3, -0.25) is 0 Å². The molecule has 0 atom stereocenters. The molecule has 2 rings (SSSR count). The smallest absolute Gasteiger partial charge is 0.0316 e. The summed E-state index contributed by atoms with van der Waals surface area (Å²) < 4.78 is 0. The maximum absolute atomic E-state index is 5.78.